The Morgan fingerprint density at radius 2 is 1.89 bits per heavy atom. The van der Waals surface area contributed by atoms with Crippen LogP contribution in [-0.2, 0) is 16.1 Å². The largest absolute Gasteiger partial charge is 0.491 e. The van der Waals surface area contributed by atoms with Crippen LogP contribution >= 0.6 is 27.3 Å². The van der Waals surface area contributed by atoms with Crippen molar-refractivity contribution in [3.05, 3.63) is 124 Å². The minimum atomic E-state index is -0.771. The molecule has 1 atom stereocenters. The molecule has 1 aliphatic rings. The first-order valence-electron chi connectivity index (χ1n) is 14.1. The Balaban J connectivity index is 1.53. The number of carbonyl (C=O) groups is 1. The van der Waals surface area contributed by atoms with Crippen LogP contribution in [-0.4, -0.2) is 23.2 Å². The molecule has 0 unspecified atom stereocenters. The molecule has 1 aromatic heterocycles. The number of aromatic nitrogens is 1. The fraction of sp³-hybridized carbons (Fsp3) is 0.235. The third-order valence-corrected chi connectivity index (χ3v) is 8.43. The van der Waals surface area contributed by atoms with Crippen LogP contribution in [0.3, 0.4) is 0 Å². The topological polar surface area (TPSA) is 103 Å². The van der Waals surface area contributed by atoms with Crippen molar-refractivity contribution in [2.45, 2.75) is 46.4 Å². The molecule has 0 spiro atoms. The summed E-state index contributed by atoms with van der Waals surface area (Å²) in [4.78, 5) is 32.4. The highest BCUT2D eigenvalue weighted by atomic mass is 79.9. The van der Waals surface area contributed by atoms with Crippen molar-refractivity contribution in [3.63, 3.8) is 0 Å². The van der Waals surface area contributed by atoms with E-state index in [-0.39, 0.29) is 18.3 Å². The summed E-state index contributed by atoms with van der Waals surface area (Å²) in [6, 6.07) is 21.6. The van der Waals surface area contributed by atoms with Crippen LogP contribution in [0.4, 0.5) is 0 Å². The first-order chi connectivity index (χ1) is 21.2. The highest BCUT2D eigenvalue weighted by molar-refractivity contribution is 9.10. The molecule has 2 heterocycles. The normalized spacial score (nSPS) is 14.6. The number of nitriles is 1. The first kappa shape index (κ1) is 31.0. The Hall–Kier alpha value is -4.46. The second-order valence-electron chi connectivity index (χ2n) is 10.3. The summed E-state index contributed by atoms with van der Waals surface area (Å²) in [7, 11) is 0. The van der Waals surface area contributed by atoms with Gasteiger partial charge in [0.05, 0.1) is 44.6 Å². The molecule has 1 aliphatic heterocycles. The van der Waals surface area contributed by atoms with E-state index in [1.54, 1.807) is 36.6 Å². The molecular formula is C34H30BrN3O5S. The molecule has 3 aromatic carbocycles. The molecular weight excluding hydrogens is 642 g/mol. The maximum atomic E-state index is 14.0. The number of rotatable bonds is 9. The molecule has 4 aromatic rings. The molecule has 44 heavy (non-hydrogen) atoms. The SMILES string of the molecule is CCOC(=O)C1=C(C)N=c2s/c(=C\c3ccc(OCc4ccc(C#N)cc4)c(Br)c3)c(=O)n2[C@H]1c1ccccc1OC(C)C. The van der Waals surface area contributed by atoms with Gasteiger partial charge in [-0.1, -0.05) is 47.7 Å². The molecule has 0 N–H and O–H groups in total. The van der Waals surface area contributed by atoms with Gasteiger partial charge in [0.2, 0.25) is 0 Å². The summed E-state index contributed by atoms with van der Waals surface area (Å²) in [6.45, 7) is 7.89. The van der Waals surface area contributed by atoms with Gasteiger partial charge in [0.15, 0.2) is 4.80 Å². The van der Waals surface area contributed by atoms with Gasteiger partial charge >= 0.3 is 5.97 Å². The van der Waals surface area contributed by atoms with E-state index in [1.165, 1.54) is 11.3 Å². The third kappa shape index (κ3) is 6.54. The average Bonchev–Trinajstić information content (AvgIpc) is 3.30. The molecule has 0 fully saturated rings. The molecule has 0 radical (unpaired) electrons. The average molecular weight is 673 g/mol. The fourth-order valence-corrected chi connectivity index (χ4v) is 6.42. The van der Waals surface area contributed by atoms with E-state index in [0.717, 1.165) is 15.6 Å². The number of carbonyl (C=O) groups excluding carboxylic acids is 1. The van der Waals surface area contributed by atoms with Gasteiger partial charge in [-0.3, -0.25) is 9.36 Å². The standard InChI is InChI=1S/C34H30BrN3O5S/c1-5-41-33(40)30-21(4)37-34-38(31(30)25-8-6-7-9-27(25)43-20(2)3)32(39)29(44-34)17-24-14-15-28(26(35)16-24)42-19-23-12-10-22(18-36)11-13-23/h6-17,20,31H,5,19H2,1-4H3/b29-17-/t31-/m0/s1. The van der Waals surface area contributed by atoms with Gasteiger partial charge in [-0.2, -0.15) is 5.26 Å². The summed E-state index contributed by atoms with van der Waals surface area (Å²) < 4.78 is 20.3. The maximum absolute atomic E-state index is 14.0. The molecule has 0 saturated heterocycles. The molecule has 0 bridgehead atoms. The van der Waals surface area contributed by atoms with Crippen LogP contribution in [0.1, 0.15) is 56.0 Å². The van der Waals surface area contributed by atoms with Crippen molar-refractivity contribution in [3.8, 4) is 17.6 Å². The van der Waals surface area contributed by atoms with Crippen molar-refractivity contribution in [1.82, 2.24) is 4.57 Å². The molecule has 5 rings (SSSR count). The van der Waals surface area contributed by atoms with E-state index in [0.29, 0.717) is 49.8 Å². The fourth-order valence-electron chi connectivity index (χ4n) is 4.87. The van der Waals surface area contributed by atoms with E-state index in [9.17, 15) is 9.59 Å². The van der Waals surface area contributed by atoms with Gasteiger partial charge in [0.25, 0.3) is 5.56 Å². The number of nitrogens with zero attached hydrogens (tertiary/aromatic N) is 3. The van der Waals surface area contributed by atoms with Crippen LogP contribution in [0.15, 0.2) is 92.3 Å². The van der Waals surface area contributed by atoms with Gasteiger partial charge in [-0.25, -0.2) is 9.79 Å². The van der Waals surface area contributed by atoms with Crippen LogP contribution in [0.5, 0.6) is 11.5 Å². The minimum Gasteiger partial charge on any atom is -0.491 e. The molecule has 0 saturated carbocycles. The van der Waals surface area contributed by atoms with Crippen LogP contribution in [0.25, 0.3) is 6.08 Å². The summed E-state index contributed by atoms with van der Waals surface area (Å²) in [5, 5.41) is 9.00. The van der Waals surface area contributed by atoms with E-state index in [2.05, 4.69) is 27.0 Å². The number of halogens is 1. The Morgan fingerprint density at radius 1 is 1.14 bits per heavy atom. The quantitative estimate of drug-likeness (QED) is 0.209. The first-order valence-corrected chi connectivity index (χ1v) is 15.7. The Bertz CT molecular complexity index is 1970. The smallest absolute Gasteiger partial charge is 0.338 e. The van der Waals surface area contributed by atoms with E-state index >= 15 is 0 Å². The number of hydrogen-bond acceptors (Lipinski definition) is 8. The zero-order valence-corrected chi connectivity index (χ0v) is 27.1. The lowest BCUT2D eigenvalue weighted by Crippen LogP contribution is -2.40. The molecule has 224 valence electrons. The summed E-state index contributed by atoms with van der Waals surface area (Å²) in [5.41, 5.74) is 3.52. The van der Waals surface area contributed by atoms with Crippen LogP contribution < -0.4 is 24.4 Å². The molecule has 10 heteroatoms. The van der Waals surface area contributed by atoms with Crippen molar-refractivity contribution in [2.75, 3.05) is 6.61 Å². The zero-order valence-electron chi connectivity index (χ0n) is 24.7. The number of benzene rings is 3. The highest BCUT2D eigenvalue weighted by Crippen LogP contribution is 2.36. The van der Waals surface area contributed by atoms with Gasteiger partial charge in [0.1, 0.15) is 24.1 Å². The van der Waals surface area contributed by atoms with E-state index in [1.807, 2.05) is 68.4 Å². The summed E-state index contributed by atoms with van der Waals surface area (Å²) in [6.07, 6.45) is 1.69. The Kier molecular flexibility index (Phi) is 9.47. The predicted octanol–water partition coefficient (Wildman–Crippen LogP) is 5.80. The van der Waals surface area contributed by atoms with Gasteiger partial charge in [0, 0.05) is 5.56 Å². The predicted molar refractivity (Wildman–Crippen MR) is 172 cm³/mol. The number of thiazole rings is 1. The third-order valence-electron chi connectivity index (χ3n) is 6.82. The van der Waals surface area contributed by atoms with Crippen molar-refractivity contribution in [1.29, 1.82) is 5.26 Å². The molecule has 0 aliphatic carbocycles. The number of fused-ring (bicyclic) bond motifs is 1. The van der Waals surface area contributed by atoms with Crippen molar-refractivity contribution in [2.24, 2.45) is 4.99 Å². The number of hydrogen-bond donors (Lipinski definition) is 0. The van der Waals surface area contributed by atoms with E-state index < -0.39 is 12.0 Å². The van der Waals surface area contributed by atoms with Crippen LogP contribution in [0, 0.1) is 11.3 Å². The second-order valence-corrected chi connectivity index (χ2v) is 12.2. The molecule has 0 amide bonds. The Labute approximate surface area is 267 Å². The Morgan fingerprint density at radius 3 is 2.57 bits per heavy atom. The highest BCUT2D eigenvalue weighted by Gasteiger charge is 2.35. The lowest BCUT2D eigenvalue weighted by atomic mass is 9.95. The number of allylic oxidation sites excluding steroid dienone is 1. The molecule has 8 nitrogen and oxygen atoms in total. The zero-order chi connectivity index (χ0) is 31.4. The van der Waals surface area contributed by atoms with Gasteiger partial charge in [-0.05, 0) is 91.2 Å². The monoisotopic (exact) mass is 671 g/mol. The minimum absolute atomic E-state index is 0.113. The summed E-state index contributed by atoms with van der Waals surface area (Å²) >= 11 is 4.85. The lowest BCUT2D eigenvalue weighted by Gasteiger charge is -2.26. The number of ether oxygens (including phenoxy) is 3. The van der Waals surface area contributed by atoms with E-state index in [4.69, 9.17) is 19.5 Å². The van der Waals surface area contributed by atoms with Gasteiger partial charge in [-0.15, -0.1) is 0 Å². The number of para-hydroxylation sites is 1. The summed E-state index contributed by atoms with van der Waals surface area (Å²) in [5.74, 6) is 0.705. The van der Waals surface area contributed by atoms with Crippen molar-refractivity contribution < 1.29 is 19.0 Å². The number of esters is 1. The lowest BCUT2D eigenvalue weighted by molar-refractivity contribution is -0.139. The van der Waals surface area contributed by atoms with Crippen LogP contribution in [0.2, 0.25) is 0 Å². The maximum Gasteiger partial charge on any atom is 0.338 e. The second kappa shape index (κ2) is 13.5. The van der Waals surface area contributed by atoms with Crippen molar-refractivity contribution >= 4 is 39.3 Å². The van der Waals surface area contributed by atoms with Gasteiger partial charge < -0.3 is 14.2 Å².